The first kappa shape index (κ1) is 17.3. The number of ether oxygens (including phenoxy) is 2. The van der Waals surface area contributed by atoms with Gasteiger partial charge in [0, 0.05) is 25.8 Å². The quantitative estimate of drug-likeness (QED) is 0.775. The average molecular weight is 316 g/mol. The van der Waals surface area contributed by atoms with Crippen LogP contribution in [0.4, 0.5) is 0 Å². The van der Waals surface area contributed by atoms with E-state index in [9.17, 15) is 14.7 Å². The largest absolute Gasteiger partial charge is 0.506 e. The molecule has 1 rings (SSSR count). The molecule has 0 radical (unpaired) electrons. The fraction of sp³-hybridized carbons (Fsp3) is 0.429. The molecule has 6 nitrogen and oxygen atoms in total. The van der Waals surface area contributed by atoms with Crippen LogP contribution < -0.4 is 0 Å². The number of nitrogens with zero attached hydrogens (tertiary/aromatic N) is 1. The van der Waals surface area contributed by atoms with Crippen molar-refractivity contribution in [2.24, 2.45) is 0 Å². The van der Waals surface area contributed by atoms with Crippen molar-refractivity contribution in [3.63, 3.8) is 0 Å². The maximum absolute atomic E-state index is 12.4. The number of amides is 1. The number of methoxy groups -OCH3 is 2. The monoisotopic (exact) mass is 315 g/mol. The first-order valence-electron chi connectivity index (χ1n) is 6.33. The highest BCUT2D eigenvalue weighted by atomic mass is 35.5. The molecule has 0 unspecified atom stereocenters. The zero-order valence-corrected chi connectivity index (χ0v) is 12.7. The van der Waals surface area contributed by atoms with Crippen molar-refractivity contribution < 1.29 is 24.2 Å². The minimum atomic E-state index is -0.394. The molecule has 1 aromatic rings. The van der Waals surface area contributed by atoms with Gasteiger partial charge in [-0.1, -0.05) is 11.6 Å². The van der Waals surface area contributed by atoms with E-state index in [1.165, 1.54) is 37.3 Å². The summed E-state index contributed by atoms with van der Waals surface area (Å²) in [6.45, 7) is 0.900. The Labute approximate surface area is 128 Å². The Kier molecular flexibility index (Phi) is 6.98. The highest BCUT2D eigenvalue weighted by molar-refractivity contribution is 6.32. The highest BCUT2D eigenvalue weighted by Gasteiger charge is 2.18. The SMILES string of the molecule is COCCN(CCC(=O)OC)C(=O)c1ccc(O)c(Cl)c1. The third kappa shape index (κ3) is 5.24. The van der Waals surface area contributed by atoms with Crippen molar-refractivity contribution in [3.05, 3.63) is 28.8 Å². The number of hydrogen-bond acceptors (Lipinski definition) is 5. The van der Waals surface area contributed by atoms with Gasteiger partial charge in [-0.2, -0.15) is 0 Å². The van der Waals surface area contributed by atoms with E-state index in [1.807, 2.05) is 0 Å². The Morgan fingerprint density at radius 3 is 2.57 bits per heavy atom. The van der Waals surface area contributed by atoms with Crippen molar-refractivity contribution in [1.82, 2.24) is 4.90 Å². The van der Waals surface area contributed by atoms with E-state index < -0.39 is 5.97 Å². The maximum Gasteiger partial charge on any atom is 0.307 e. The fourth-order valence-corrected chi connectivity index (χ4v) is 1.85. The average Bonchev–Trinajstić information content (AvgIpc) is 2.49. The molecule has 21 heavy (non-hydrogen) atoms. The molecule has 0 aromatic heterocycles. The van der Waals surface area contributed by atoms with Crippen LogP contribution in [0.15, 0.2) is 18.2 Å². The summed E-state index contributed by atoms with van der Waals surface area (Å²) in [5, 5.41) is 9.47. The third-order valence-electron chi connectivity index (χ3n) is 2.86. The van der Waals surface area contributed by atoms with E-state index in [1.54, 1.807) is 0 Å². The third-order valence-corrected chi connectivity index (χ3v) is 3.16. The van der Waals surface area contributed by atoms with Gasteiger partial charge in [0.1, 0.15) is 5.75 Å². The molecule has 116 valence electrons. The molecular formula is C14H18ClNO5. The van der Waals surface area contributed by atoms with Gasteiger partial charge in [-0.05, 0) is 18.2 Å². The maximum atomic E-state index is 12.4. The first-order chi connectivity index (χ1) is 9.99. The number of carbonyl (C=O) groups is 2. The number of halogens is 1. The van der Waals surface area contributed by atoms with E-state index in [-0.39, 0.29) is 29.6 Å². The van der Waals surface area contributed by atoms with Gasteiger partial charge in [0.15, 0.2) is 0 Å². The predicted molar refractivity (Wildman–Crippen MR) is 77.5 cm³/mol. The number of carbonyl (C=O) groups excluding carboxylic acids is 2. The number of aromatic hydroxyl groups is 1. The van der Waals surface area contributed by atoms with Gasteiger partial charge < -0.3 is 19.5 Å². The van der Waals surface area contributed by atoms with E-state index in [0.717, 1.165) is 0 Å². The number of esters is 1. The normalized spacial score (nSPS) is 10.2. The second-order valence-corrected chi connectivity index (χ2v) is 4.68. The number of phenolic OH excluding ortho intramolecular Hbond substituents is 1. The van der Waals surface area contributed by atoms with Crippen molar-refractivity contribution in [2.75, 3.05) is 33.9 Å². The molecule has 1 aromatic carbocycles. The summed E-state index contributed by atoms with van der Waals surface area (Å²) in [5.41, 5.74) is 0.332. The molecule has 0 saturated carbocycles. The zero-order valence-electron chi connectivity index (χ0n) is 12.0. The lowest BCUT2D eigenvalue weighted by atomic mass is 10.2. The summed E-state index contributed by atoms with van der Waals surface area (Å²) in [5.74, 6) is -0.780. The van der Waals surface area contributed by atoms with Crippen LogP contribution in [0.2, 0.25) is 5.02 Å². The van der Waals surface area contributed by atoms with Crippen LogP contribution in [-0.2, 0) is 14.3 Å². The predicted octanol–water partition coefficient (Wildman–Crippen LogP) is 1.70. The second-order valence-electron chi connectivity index (χ2n) is 4.28. The number of phenols is 1. The molecule has 7 heteroatoms. The molecule has 0 aliphatic carbocycles. The second kappa shape index (κ2) is 8.49. The van der Waals surface area contributed by atoms with Crippen LogP contribution in [0, 0.1) is 0 Å². The van der Waals surface area contributed by atoms with E-state index >= 15 is 0 Å². The topological polar surface area (TPSA) is 76.1 Å². The van der Waals surface area contributed by atoms with Crippen molar-refractivity contribution in [1.29, 1.82) is 0 Å². The smallest absolute Gasteiger partial charge is 0.307 e. The molecule has 0 atom stereocenters. The van der Waals surface area contributed by atoms with Gasteiger partial charge in [-0.15, -0.1) is 0 Å². The molecule has 1 amide bonds. The molecule has 0 saturated heterocycles. The molecular weight excluding hydrogens is 298 g/mol. The minimum Gasteiger partial charge on any atom is -0.506 e. The summed E-state index contributed by atoms with van der Waals surface area (Å²) >= 11 is 5.80. The lowest BCUT2D eigenvalue weighted by Gasteiger charge is -2.22. The highest BCUT2D eigenvalue weighted by Crippen LogP contribution is 2.24. The van der Waals surface area contributed by atoms with Crippen LogP contribution >= 0.6 is 11.6 Å². The van der Waals surface area contributed by atoms with Crippen molar-refractivity contribution in [3.8, 4) is 5.75 Å². The molecule has 0 fully saturated rings. The number of benzene rings is 1. The van der Waals surface area contributed by atoms with E-state index in [2.05, 4.69) is 4.74 Å². The van der Waals surface area contributed by atoms with Crippen LogP contribution in [0.3, 0.4) is 0 Å². The lowest BCUT2D eigenvalue weighted by molar-refractivity contribution is -0.140. The summed E-state index contributed by atoms with van der Waals surface area (Å²) in [6.07, 6.45) is 0.0950. The van der Waals surface area contributed by atoms with Crippen molar-refractivity contribution >= 4 is 23.5 Å². The van der Waals surface area contributed by atoms with Gasteiger partial charge in [0.25, 0.3) is 5.91 Å². The van der Waals surface area contributed by atoms with Gasteiger partial charge in [-0.3, -0.25) is 9.59 Å². The minimum absolute atomic E-state index is 0.0915. The molecule has 0 heterocycles. The summed E-state index contributed by atoms with van der Waals surface area (Å²) < 4.78 is 9.52. The van der Waals surface area contributed by atoms with Gasteiger partial charge in [0.05, 0.1) is 25.2 Å². The Balaban J connectivity index is 2.82. The number of rotatable bonds is 7. The van der Waals surface area contributed by atoms with Crippen LogP contribution in [0.5, 0.6) is 5.75 Å². The standard InChI is InChI=1S/C14H18ClNO5/c1-20-8-7-16(6-5-13(18)21-2)14(19)10-3-4-12(17)11(15)9-10/h3-4,9,17H,5-8H2,1-2H3. The molecule has 0 spiro atoms. The van der Waals surface area contributed by atoms with Crippen LogP contribution in [0.1, 0.15) is 16.8 Å². The fourth-order valence-electron chi connectivity index (χ4n) is 1.67. The molecule has 0 aliphatic heterocycles. The van der Waals surface area contributed by atoms with Gasteiger partial charge >= 0.3 is 5.97 Å². The Hall–Kier alpha value is -1.79. The summed E-state index contributed by atoms with van der Waals surface area (Å²) in [6, 6.07) is 4.21. The van der Waals surface area contributed by atoms with Crippen molar-refractivity contribution in [2.45, 2.75) is 6.42 Å². The molecule has 0 bridgehead atoms. The van der Waals surface area contributed by atoms with E-state index in [4.69, 9.17) is 16.3 Å². The number of hydrogen-bond donors (Lipinski definition) is 1. The Morgan fingerprint density at radius 1 is 1.29 bits per heavy atom. The van der Waals surface area contributed by atoms with Crippen LogP contribution in [-0.4, -0.2) is 55.8 Å². The van der Waals surface area contributed by atoms with Gasteiger partial charge in [-0.25, -0.2) is 0 Å². The van der Waals surface area contributed by atoms with Gasteiger partial charge in [0.2, 0.25) is 0 Å². The zero-order chi connectivity index (χ0) is 15.8. The summed E-state index contributed by atoms with van der Waals surface area (Å²) in [4.78, 5) is 25.1. The first-order valence-corrected chi connectivity index (χ1v) is 6.71. The summed E-state index contributed by atoms with van der Waals surface area (Å²) in [7, 11) is 2.82. The van der Waals surface area contributed by atoms with Crippen LogP contribution in [0.25, 0.3) is 0 Å². The molecule has 0 aliphatic rings. The molecule has 1 N–H and O–H groups in total. The lowest BCUT2D eigenvalue weighted by Crippen LogP contribution is -2.35. The Morgan fingerprint density at radius 2 is 2.00 bits per heavy atom. The Bertz CT molecular complexity index is 506. The van der Waals surface area contributed by atoms with E-state index in [0.29, 0.717) is 18.7 Å².